The highest BCUT2D eigenvalue weighted by atomic mass is 35.5. The van der Waals surface area contributed by atoms with E-state index in [2.05, 4.69) is 0 Å². The number of aryl methyl sites for hydroxylation is 1. The zero-order chi connectivity index (χ0) is 24.5. The summed E-state index contributed by atoms with van der Waals surface area (Å²) in [5.74, 6) is -2.56. The van der Waals surface area contributed by atoms with Gasteiger partial charge in [-0.05, 0) is 18.1 Å². The Morgan fingerprint density at radius 1 is 0.545 bits per heavy atom. The first-order valence-corrected chi connectivity index (χ1v) is 14.3. The maximum atomic E-state index is 7.29. The summed E-state index contributed by atoms with van der Waals surface area (Å²) in [6.45, 7) is 1.95. The largest absolute Gasteiger partial charge is 0.167 e. The zero-order valence-electron chi connectivity index (χ0n) is 16.1. The Morgan fingerprint density at radius 2 is 0.909 bits per heavy atom. The number of halogens is 12. The summed E-state index contributed by atoms with van der Waals surface area (Å²) < 4.78 is -3.61. The Labute approximate surface area is 250 Å². The van der Waals surface area contributed by atoms with E-state index >= 15 is 0 Å². The Balaban J connectivity index is 1.79. The van der Waals surface area contributed by atoms with E-state index in [0.717, 1.165) is 16.7 Å². The van der Waals surface area contributed by atoms with Crippen molar-refractivity contribution < 1.29 is 0 Å². The van der Waals surface area contributed by atoms with E-state index in [9.17, 15) is 0 Å². The molecule has 33 heavy (non-hydrogen) atoms. The van der Waals surface area contributed by atoms with Crippen LogP contribution < -0.4 is 0 Å². The lowest BCUT2D eigenvalue weighted by Gasteiger charge is -2.52. The third-order valence-corrected chi connectivity index (χ3v) is 16.8. The van der Waals surface area contributed by atoms with E-state index in [0.29, 0.717) is 0 Å². The molecule has 0 unspecified atom stereocenters. The van der Waals surface area contributed by atoms with Crippen molar-refractivity contribution >= 4 is 139 Å². The molecule has 8 atom stereocenters. The molecule has 5 aliphatic carbocycles. The van der Waals surface area contributed by atoms with Gasteiger partial charge in [-0.15, -0.1) is 46.4 Å². The van der Waals surface area contributed by atoms with Gasteiger partial charge in [0.1, 0.15) is 19.5 Å². The summed E-state index contributed by atoms with van der Waals surface area (Å²) in [4.78, 5) is -6.35. The van der Waals surface area contributed by atoms with Crippen LogP contribution in [0.5, 0.6) is 0 Å². The highest BCUT2D eigenvalue weighted by Gasteiger charge is 2.91. The monoisotopic (exact) mass is 682 g/mol. The molecule has 0 heterocycles. The van der Waals surface area contributed by atoms with E-state index in [1.165, 1.54) is 0 Å². The van der Waals surface area contributed by atoms with Crippen LogP contribution in [0.2, 0.25) is 0 Å². The minimum atomic E-state index is -1.81. The van der Waals surface area contributed by atoms with E-state index in [1.807, 2.05) is 25.1 Å². The van der Waals surface area contributed by atoms with Gasteiger partial charge in [0.2, 0.25) is 0 Å². The third kappa shape index (κ3) is 2.19. The molecule has 0 spiro atoms. The summed E-state index contributed by atoms with van der Waals surface area (Å²) in [6.07, 6.45) is 0. The van der Waals surface area contributed by atoms with Crippen molar-refractivity contribution in [2.24, 2.45) is 11.8 Å². The fourth-order valence-corrected chi connectivity index (χ4v) is 13.1. The van der Waals surface area contributed by atoms with Crippen LogP contribution in [0.15, 0.2) is 38.3 Å². The summed E-state index contributed by atoms with van der Waals surface area (Å²) in [7, 11) is 0. The summed E-state index contributed by atoms with van der Waals surface area (Å²) >= 11 is 83.7. The molecule has 2 saturated carbocycles. The first kappa shape index (κ1) is 25.5. The van der Waals surface area contributed by atoms with Gasteiger partial charge in [0.15, 0.2) is 8.67 Å². The lowest BCUT2D eigenvalue weighted by molar-refractivity contribution is 0.201. The average Bonchev–Trinajstić information content (AvgIpc) is 3.08. The van der Waals surface area contributed by atoms with E-state index < -0.39 is 51.8 Å². The number of allylic oxidation sites excluding steroid dienone is 4. The van der Waals surface area contributed by atoms with Crippen molar-refractivity contribution in [3.63, 3.8) is 0 Å². The van der Waals surface area contributed by atoms with Gasteiger partial charge in [0.25, 0.3) is 0 Å². The predicted octanol–water partition coefficient (Wildman–Crippen LogP) is 10.1. The Bertz CT molecular complexity index is 1230. The van der Waals surface area contributed by atoms with Crippen molar-refractivity contribution in [1.29, 1.82) is 0 Å². The van der Waals surface area contributed by atoms with Crippen LogP contribution in [0.4, 0.5) is 0 Å². The molecule has 0 N–H and O–H groups in total. The summed E-state index contributed by atoms with van der Waals surface area (Å²) in [5.41, 5.74) is 2.58. The van der Waals surface area contributed by atoms with Gasteiger partial charge in [-0.3, -0.25) is 0 Å². The van der Waals surface area contributed by atoms with Gasteiger partial charge in [-0.25, -0.2) is 0 Å². The molecule has 1 aromatic carbocycles. The topological polar surface area (TPSA) is 0 Å². The molecule has 1 aromatic rings. The number of hydrogen-bond acceptors (Lipinski definition) is 0. The van der Waals surface area contributed by atoms with Crippen LogP contribution in [-0.2, 0) is 0 Å². The molecule has 6 rings (SSSR count). The predicted molar refractivity (Wildman–Crippen MR) is 144 cm³/mol. The quantitative estimate of drug-likeness (QED) is 0.238. The molecule has 4 bridgehead atoms. The van der Waals surface area contributed by atoms with Gasteiger partial charge in [0.05, 0.1) is 20.1 Å². The number of fused-ring (bicyclic) bond motifs is 14. The molecular weight excluding hydrogens is 678 g/mol. The van der Waals surface area contributed by atoms with Crippen LogP contribution in [0, 0.1) is 18.8 Å². The van der Waals surface area contributed by atoms with Crippen LogP contribution in [-0.4, -0.2) is 28.2 Å². The van der Waals surface area contributed by atoms with Gasteiger partial charge in [-0.2, -0.15) is 0 Å². The highest BCUT2D eigenvalue weighted by Crippen LogP contribution is 2.88. The summed E-state index contributed by atoms with van der Waals surface area (Å²) in [5, 5.41) is 0.281. The van der Waals surface area contributed by atoms with Gasteiger partial charge in [0, 0.05) is 23.7 Å². The molecule has 0 saturated heterocycles. The lowest BCUT2D eigenvalue weighted by Crippen LogP contribution is -2.53. The van der Waals surface area contributed by atoms with Crippen molar-refractivity contribution in [2.45, 2.75) is 46.9 Å². The van der Waals surface area contributed by atoms with Crippen molar-refractivity contribution in [1.82, 2.24) is 0 Å². The van der Waals surface area contributed by atoms with Gasteiger partial charge in [-0.1, -0.05) is 117 Å². The van der Waals surface area contributed by atoms with Crippen molar-refractivity contribution in [3.05, 3.63) is 55.0 Å². The minimum Gasteiger partial charge on any atom is -0.109 e. The molecule has 0 aliphatic heterocycles. The van der Waals surface area contributed by atoms with E-state index in [4.69, 9.17) is 139 Å². The Kier molecular flexibility index (Phi) is 5.28. The second-order valence-corrected chi connectivity index (χ2v) is 15.9. The molecule has 0 nitrogen and oxygen atoms in total. The molecular formula is C21H10Cl12. The fraction of sp³-hybridized carbons (Fsp3) is 0.524. The molecule has 0 radical (unpaired) electrons. The Hall–Kier alpha value is 2.18. The minimum absolute atomic E-state index is 0.0500. The van der Waals surface area contributed by atoms with Gasteiger partial charge < -0.3 is 0 Å². The Morgan fingerprint density at radius 3 is 1.33 bits per heavy atom. The average molecular weight is 688 g/mol. The second-order valence-electron chi connectivity index (χ2n) is 9.39. The van der Waals surface area contributed by atoms with Crippen LogP contribution in [0.3, 0.4) is 0 Å². The SMILES string of the molecule is Cc1ccc2c(c1)[C@@H]1[C@H]([C@H]3[C@H]2[C@@]2(Cl)C(Cl)=C(Cl)[C@]3(Cl)C2(Cl)Cl)[C@@]2(Cl)C(Cl)=C(Cl)[C@]1(Cl)C2(Cl)Cl. The molecule has 178 valence electrons. The van der Waals surface area contributed by atoms with Gasteiger partial charge >= 0.3 is 0 Å². The van der Waals surface area contributed by atoms with E-state index in [1.54, 1.807) is 0 Å². The molecule has 0 aromatic heterocycles. The number of alkyl halides is 8. The van der Waals surface area contributed by atoms with Crippen LogP contribution in [0.25, 0.3) is 0 Å². The highest BCUT2D eigenvalue weighted by molar-refractivity contribution is 6.67. The maximum Gasteiger partial charge on any atom is 0.167 e. The lowest BCUT2D eigenvalue weighted by atomic mass is 9.57. The maximum absolute atomic E-state index is 7.29. The number of rotatable bonds is 0. The van der Waals surface area contributed by atoms with Crippen LogP contribution >= 0.6 is 139 Å². The van der Waals surface area contributed by atoms with Crippen LogP contribution in [0.1, 0.15) is 28.5 Å². The van der Waals surface area contributed by atoms with Crippen molar-refractivity contribution in [2.75, 3.05) is 0 Å². The van der Waals surface area contributed by atoms with Crippen molar-refractivity contribution in [3.8, 4) is 0 Å². The molecule has 0 amide bonds. The summed E-state index contributed by atoms with van der Waals surface area (Å²) in [6, 6.07) is 5.85. The third-order valence-electron chi connectivity index (χ3n) is 8.28. The normalized spacial score (nSPS) is 50.1. The van der Waals surface area contributed by atoms with E-state index in [-0.39, 0.29) is 20.1 Å². The molecule has 2 fully saturated rings. The molecule has 12 heteroatoms. The smallest absolute Gasteiger partial charge is 0.109 e. The fourth-order valence-electron chi connectivity index (χ4n) is 7.02. The zero-order valence-corrected chi connectivity index (χ0v) is 25.1. The molecule has 5 aliphatic rings. The second kappa shape index (κ2) is 6.84. The first-order valence-electron chi connectivity index (χ1n) is 9.74. The number of hydrogen-bond donors (Lipinski definition) is 0. The standard InChI is InChI=1S/C21H10Cl12/c1-5-2-3-6-7(4-5)9-11(19(29)15(25)13(23)17(9,27)21(19,32)33)10-8(6)16(26)12(22)14(24)18(10,28)20(16,30)31/h2-4,8-11H,1H3/t8-,9+,10+,11+,16+,17-,18-,19+/m0/s1. The number of benzene rings is 1. The first-order chi connectivity index (χ1) is 15.0.